The Labute approximate surface area is 194 Å². The van der Waals surface area contributed by atoms with Gasteiger partial charge in [0.15, 0.2) is 5.43 Å². The highest BCUT2D eigenvalue weighted by molar-refractivity contribution is 5.99. The molecular formula is C27H32N2O4. The average Bonchev–Trinajstić information content (AvgIpc) is 3.06. The van der Waals surface area contributed by atoms with Gasteiger partial charge in [-0.1, -0.05) is 25.5 Å². The lowest BCUT2D eigenvalue weighted by molar-refractivity contribution is 0.0716. The van der Waals surface area contributed by atoms with Crippen LogP contribution in [-0.4, -0.2) is 49.5 Å². The molecule has 4 rings (SSSR count). The van der Waals surface area contributed by atoms with Crippen molar-refractivity contribution in [2.24, 2.45) is 0 Å². The second kappa shape index (κ2) is 9.40. The summed E-state index contributed by atoms with van der Waals surface area (Å²) in [6.07, 6.45) is 2.02. The molecule has 0 spiro atoms. The van der Waals surface area contributed by atoms with E-state index < -0.39 is 6.04 Å². The van der Waals surface area contributed by atoms with Gasteiger partial charge in [-0.05, 0) is 75.3 Å². The molecule has 33 heavy (non-hydrogen) atoms. The van der Waals surface area contributed by atoms with Crippen molar-refractivity contribution in [3.8, 4) is 5.75 Å². The topological polar surface area (TPSA) is 63.0 Å². The summed E-state index contributed by atoms with van der Waals surface area (Å²) in [6.45, 7) is 7.86. The maximum Gasteiger partial charge on any atom is 0.290 e. The molecule has 0 bridgehead atoms. The number of amides is 1. The first-order valence-corrected chi connectivity index (χ1v) is 11.6. The number of carbonyl (C=O) groups excluding carboxylic acids is 1. The maximum absolute atomic E-state index is 13.7. The number of aryl methyl sites for hydroxylation is 2. The smallest absolute Gasteiger partial charge is 0.290 e. The van der Waals surface area contributed by atoms with E-state index in [0.29, 0.717) is 36.2 Å². The van der Waals surface area contributed by atoms with Gasteiger partial charge in [0.05, 0.1) is 23.6 Å². The fourth-order valence-corrected chi connectivity index (χ4v) is 4.27. The molecule has 1 aliphatic heterocycles. The Morgan fingerprint density at radius 1 is 1.09 bits per heavy atom. The number of rotatable bonds is 8. The number of likely N-dealkylation sites (N-methyl/N-ethyl adjacent to an activating group) is 1. The second-order valence-electron chi connectivity index (χ2n) is 9.09. The molecule has 6 heteroatoms. The van der Waals surface area contributed by atoms with E-state index in [4.69, 9.17) is 9.15 Å². The zero-order chi connectivity index (χ0) is 23.7. The van der Waals surface area contributed by atoms with Gasteiger partial charge in [0.1, 0.15) is 11.3 Å². The first-order chi connectivity index (χ1) is 15.8. The summed E-state index contributed by atoms with van der Waals surface area (Å²) in [4.78, 5) is 31.0. The van der Waals surface area contributed by atoms with Crippen LogP contribution in [0.15, 0.2) is 45.6 Å². The first kappa shape index (κ1) is 23.1. The molecule has 1 atom stereocenters. The maximum atomic E-state index is 13.7. The third kappa shape index (κ3) is 4.40. The predicted molar refractivity (Wildman–Crippen MR) is 130 cm³/mol. The van der Waals surface area contributed by atoms with Crippen LogP contribution in [0.25, 0.3) is 11.0 Å². The Morgan fingerprint density at radius 2 is 1.85 bits per heavy atom. The molecule has 0 saturated heterocycles. The van der Waals surface area contributed by atoms with Gasteiger partial charge in [-0.15, -0.1) is 0 Å². The lowest BCUT2D eigenvalue weighted by Crippen LogP contribution is -2.35. The van der Waals surface area contributed by atoms with Crippen LogP contribution in [0.5, 0.6) is 5.75 Å². The van der Waals surface area contributed by atoms with Crippen LogP contribution in [0, 0.1) is 13.8 Å². The minimum absolute atomic E-state index is 0.141. The lowest BCUT2D eigenvalue weighted by atomic mass is 9.97. The van der Waals surface area contributed by atoms with Crippen LogP contribution >= 0.6 is 0 Å². The molecular weight excluding hydrogens is 416 g/mol. The molecule has 0 N–H and O–H groups in total. The summed E-state index contributed by atoms with van der Waals surface area (Å²) in [7, 11) is 3.93. The number of benzene rings is 2. The highest BCUT2D eigenvalue weighted by Gasteiger charge is 2.42. The van der Waals surface area contributed by atoms with Gasteiger partial charge in [0, 0.05) is 13.1 Å². The lowest BCUT2D eigenvalue weighted by Gasteiger charge is -2.26. The van der Waals surface area contributed by atoms with Crippen molar-refractivity contribution in [1.29, 1.82) is 0 Å². The summed E-state index contributed by atoms with van der Waals surface area (Å²) in [6, 6.07) is 10.9. The molecule has 6 nitrogen and oxygen atoms in total. The number of carbonyl (C=O) groups is 1. The summed E-state index contributed by atoms with van der Waals surface area (Å²) in [5.74, 6) is 0.647. The Bertz CT molecular complexity index is 1240. The number of unbranched alkanes of at least 4 members (excludes halogenated alkanes) is 1. The van der Waals surface area contributed by atoms with E-state index >= 15 is 0 Å². The second-order valence-corrected chi connectivity index (χ2v) is 9.09. The zero-order valence-corrected chi connectivity index (χ0v) is 20.1. The zero-order valence-electron chi connectivity index (χ0n) is 20.1. The molecule has 0 fully saturated rings. The predicted octanol–water partition coefficient (Wildman–Crippen LogP) is 4.70. The van der Waals surface area contributed by atoms with Crippen LogP contribution in [0.2, 0.25) is 0 Å². The number of ether oxygens (including phenoxy) is 1. The van der Waals surface area contributed by atoms with Crippen molar-refractivity contribution in [2.45, 2.75) is 39.7 Å². The van der Waals surface area contributed by atoms with Crippen LogP contribution < -0.4 is 10.2 Å². The van der Waals surface area contributed by atoms with Gasteiger partial charge in [-0.3, -0.25) is 9.59 Å². The average molecular weight is 449 g/mol. The van der Waals surface area contributed by atoms with Gasteiger partial charge in [0.2, 0.25) is 5.76 Å². The number of fused-ring (bicyclic) bond motifs is 2. The SMILES string of the molecule is CCCCOc1cccc(C2c3c(oc4cc(C)c(C)cc4c3=O)C(=O)N2CCN(C)C)c1. The minimum atomic E-state index is -0.510. The molecule has 174 valence electrons. The Kier molecular flexibility index (Phi) is 6.56. The van der Waals surface area contributed by atoms with Crippen molar-refractivity contribution >= 4 is 16.9 Å². The third-order valence-corrected chi connectivity index (χ3v) is 6.31. The summed E-state index contributed by atoms with van der Waals surface area (Å²) in [5.41, 5.74) is 3.63. The molecule has 1 unspecified atom stereocenters. The van der Waals surface area contributed by atoms with E-state index in [-0.39, 0.29) is 17.1 Å². The van der Waals surface area contributed by atoms with Gasteiger partial charge < -0.3 is 19.0 Å². The molecule has 1 aromatic heterocycles. The van der Waals surface area contributed by atoms with Crippen molar-refractivity contribution in [1.82, 2.24) is 9.80 Å². The van der Waals surface area contributed by atoms with Crippen LogP contribution in [0.3, 0.4) is 0 Å². The van der Waals surface area contributed by atoms with Crippen molar-refractivity contribution in [3.05, 3.63) is 74.6 Å². The highest BCUT2D eigenvalue weighted by atomic mass is 16.5. The molecule has 0 aliphatic carbocycles. The van der Waals surface area contributed by atoms with Gasteiger partial charge in [-0.2, -0.15) is 0 Å². The van der Waals surface area contributed by atoms with Crippen molar-refractivity contribution < 1.29 is 13.9 Å². The van der Waals surface area contributed by atoms with E-state index in [0.717, 1.165) is 35.3 Å². The van der Waals surface area contributed by atoms with Crippen molar-refractivity contribution in [2.75, 3.05) is 33.8 Å². The molecule has 0 saturated carbocycles. The molecule has 2 heterocycles. The largest absolute Gasteiger partial charge is 0.494 e. The van der Waals surface area contributed by atoms with Crippen molar-refractivity contribution in [3.63, 3.8) is 0 Å². The molecule has 0 radical (unpaired) electrons. The minimum Gasteiger partial charge on any atom is -0.494 e. The molecule has 1 amide bonds. The summed E-state index contributed by atoms with van der Waals surface area (Å²) >= 11 is 0. The summed E-state index contributed by atoms with van der Waals surface area (Å²) < 4.78 is 12.0. The number of nitrogens with zero attached hydrogens (tertiary/aromatic N) is 2. The monoisotopic (exact) mass is 448 g/mol. The van der Waals surface area contributed by atoms with Crippen LogP contribution in [0.1, 0.15) is 58.6 Å². The Balaban J connectivity index is 1.86. The van der Waals surface area contributed by atoms with E-state index in [9.17, 15) is 9.59 Å². The summed E-state index contributed by atoms with van der Waals surface area (Å²) in [5, 5.41) is 0.513. The molecule has 1 aliphatic rings. The quantitative estimate of drug-likeness (QED) is 0.468. The van der Waals surface area contributed by atoms with E-state index in [2.05, 4.69) is 6.92 Å². The van der Waals surface area contributed by atoms with Gasteiger partial charge >= 0.3 is 0 Å². The molecule has 2 aromatic carbocycles. The normalized spacial score (nSPS) is 15.5. The third-order valence-electron chi connectivity index (χ3n) is 6.31. The number of hydrogen-bond donors (Lipinski definition) is 0. The van der Waals surface area contributed by atoms with Crippen LogP contribution in [0.4, 0.5) is 0 Å². The standard InChI is InChI=1S/C27H32N2O4/c1-6-7-13-32-20-10-8-9-19(16-20)24-23-25(30)21-14-17(2)18(3)15-22(21)33-26(23)27(31)29(24)12-11-28(4)5/h8-10,14-16,24H,6-7,11-13H2,1-5H3. The Morgan fingerprint density at radius 3 is 2.58 bits per heavy atom. The Hall–Kier alpha value is -3.12. The van der Waals surface area contributed by atoms with E-state index in [1.165, 1.54) is 0 Å². The van der Waals surface area contributed by atoms with Crippen LogP contribution in [-0.2, 0) is 0 Å². The van der Waals surface area contributed by atoms with E-state index in [1.54, 1.807) is 4.90 Å². The van der Waals surface area contributed by atoms with Gasteiger partial charge in [0.25, 0.3) is 5.91 Å². The van der Waals surface area contributed by atoms with Gasteiger partial charge in [-0.25, -0.2) is 0 Å². The fraction of sp³-hybridized carbons (Fsp3) is 0.407. The highest BCUT2D eigenvalue weighted by Crippen LogP contribution is 2.39. The fourth-order valence-electron chi connectivity index (χ4n) is 4.27. The first-order valence-electron chi connectivity index (χ1n) is 11.6. The molecule has 3 aromatic rings. The number of hydrogen-bond acceptors (Lipinski definition) is 5. The van der Waals surface area contributed by atoms with E-state index in [1.807, 2.05) is 69.2 Å².